The number of methoxy groups -OCH3 is 1. The highest BCUT2D eigenvalue weighted by Gasteiger charge is 2.19. The highest BCUT2D eigenvalue weighted by molar-refractivity contribution is 7.92. The van der Waals surface area contributed by atoms with Crippen LogP contribution in [0.2, 0.25) is 10.0 Å². The third kappa shape index (κ3) is 4.87. The summed E-state index contributed by atoms with van der Waals surface area (Å²) in [7, 11) is -2.74. The van der Waals surface area contributed by atoms with Crippen LogP contribution in [0.5, 0.6) is 0 Å². The van der Waals surface area contributed by atoms with E-state index in [0.717, 1.165) is 0 Å². The van der Waals surface area contributed by atoms with Gasteiger partial charge in [-0.05, 0) is 36.4 Å². The van der Waals surface area contributed by atoms with E-state index in [1.807, 2.05) is 0 Å². The average Bonchev–Trinajstić information content (AvgIpc) is 2.61. The lowest BCUT2D eigenvalue weighted by atomic mass is 10.2. The molecule has 0 fully saturated rings. The van der Waals surface area contributed by atoms with Crippen molar-refractivity contribution in [2.24, 2.45) is 0 Å². The lowest BCUT2D eigenvalue weighted by Crippen LogP contribution is -2.30. The quantitative estimate of drug-likeness (QED) is 0.704. The molecule has 10 heteroatoms. The number of anilines is 1. The molecule has 2 aromatic rings. The van der Waals surface area contributed by atoms with E-state index < -0.39 is 21.9 Å². The normalized spacial score (nSPS) is 10.9. The maximum absolute atomic E-state index is 12.4. The summed E-state index contributed by atoms with van der Waals surface area (Å²) in [6.45, 7) is -0.267. The summed E-state index contributed by atoms with van der Waals surface area (Å²) in [5, 5.41) is 2.41. The highest BCUT2D eigenvalue weighted by atomic mass is 35.5. The maximum Gasteiger partial charge on any atom is 0.325 e. The zero-order valence-corrected chi connectivity index (χ0v) is 15.8. The van der Waals surface area contributed by atoms with Crippen LogP contribution in [-0.2, 0) is 19.6 Å². The van der Waals surface area contributed by atoms with Gasteiger partial charge in [0, 0.05) is 11.3 Å². The third-order valence-electron chi connectivity index (χ3n) is 3.23. The van der Waals surface area contributed by atoms with Gasteiger partial charge in [0.15, 0.2) is 0 Å². The molecule has 26 heavy (non-hydrogen) atoms. The second-order valence-electron chi connectivity index (χ2n) is 4.99. The van der Waals surface area contributed by atoms with Crippen molar-refractivity contribution >= 4 is 50.8 Å². The van der Waals surface area contributed by atoms with Crippen molar-refractivity contribution in [2.45, 2.75) is 4.90 Å². The molecule has 0 unspecified atom stereocenters. The second-order valence-corrected chi connectivity index (χ2v) is 7.43. The van der Waals surface area contributed by atoms with Crippen molar-refractivity contribution in [3.63, 3.8) is 0 Å². The van der Waals surface area contributed by atoms with Crippen molar-refractivity contribution in [2.75, 3.05) is 18.4 Å². The van der Waals surface area contributed by atoms with Crippen molar-refractivity contribution in [1.82, 2.24) is 5.32 Å². The van der Waals surface area contributed by atoms with E-state index in [4.69, 9.17) is 23.2 Å². The summed E-state index contributed by atoms with van der Waals surface area (Å²) < 4.78 is 31.6. The smallest absolute Gasteiger partial charge is 0.325 e. The molecule has 2 N–H and O–H groups in total. The molecule has 0 aliphatic heterocycles. The standard InChI is InChI=1S/C16H14Cl2N2O5S/c1-25-14(21)9-19-16(22)10-5-7-11(8-6-10)20-26(23,24)13-4-2-3-12(17)15(13)18/h2-8,20H,9H2,1H3,(H,19,22). The molecule has 138 valence electrons. The fourth-order valence-corrected chi connectivity index (χ4v) is 3.74. The molecule has 0 heterocycles. The van der Waals surface area contributed by atoms with Gasteiger partial charge in [-0.2, -0.15) is 0 Å². The Kier molecular flexibility index (Phi) is 6.47. The Morgan fingerprint density at radius 2 is 1.73 bits per heavy atom. The Balaban J connectivity index is 2.12. The molecule has 0 saturated heterocycles. The zero-order chi connectivity index (χ0) is 19.3. The van der Waals surface area contributed by atoms with Crippen LogP contribution in [0.1, 0.15) is 10.4 Å². The van der Waals surface area contributed by atoms with Gasteiger partial charge in [-0.3, -0.25) is 14.3 Å². The van der Waals surface area contributed by atoms with E-state index >= 15 is 0 Å². The topological polar surface area (TPSA) is 102 Å². The number of amides is 1. The van der Waals surface area contributed by atoms with Crippen molar-refractivity contribution in [1.29, 1.82) is 0 Å². The fraction of sp³-hybridized carbons (Fsp3) is 0.125. The van der Waals surface area contributed by atoms with Crippen LogP contribution in [0.15, 0.2) is 47.4 Å². The Bertz CT molecular complexity index is 930. The molecule has 0 bridgehead atoms. The average molecular weight is 417 g/mol. The maximum atomic E-state index is 12.4. The van der Waals surface area contributed by atoms with Crippen LogP contribution in [0.3, 0.4) is 0 Å². The molecule has 0 radical (unpaired) electrons. The lowest BCUT2D eigenvalue weighted by molar-refractivity contribution is -0.139. The van der Waals surface area contributed by atoms with Crippen LogP contribution in [0, 0.1) is 0 Å². The van der Waals surface area contributed by atoms with E-state index in [9.17, 15) is 18.0 Å². The first-order chi connectivity index (χ1) is 12.2. The highest BCUT2D eigenvalue weighted by Crippen LogP contribution is 2.30. The number of carbonyl (C=O) groups excluding carboxylic acids is 2. The van der Waals surface area contributed by atoms with Crippen molar-refractivity contribution < 1.29 is 22.7 Å². The Hall–Kier alpha value is -2.29. The summed E-state index contributed by atoms with van der Waals surface area (Å²) in [6, 6.07) is 9.90. The van der Waals surface area contributed by atoms with Crippen LogP contribution in [-0.4, -0.2) is 33.9 Å². The Morgan fingerprint density at radius 3 is 2.35 bits per heavy atom. The van der Waals surface area contributed by atoms with E-state index in [0.29, 0.717) is 0 Å². The predicted octanol–water partition coefficient (Wildman–Crippen LogP) is 2.70. The van der Waals surface area contributed by atoms with Gasteiger partial charge in [0.2, 0.25) is 0 Å². The summed E-state index contributed by atoms with van der Waals surface area (Å²) in [5.74, 6) is -1.08. The van der Waals surface area contributed by atoms with Gasteiger partial charge >= 0.3 is 5.97 Å². The molecular formula is C16H14Cl2N2O5S. The summed E-state index contributed by atoms with van der Waals surface area (Å²) in [6.07, 6.45) is 0. The molecule has 0 saturated carbocycles. The Morgan fingerprint density at radius 1 is 1.08 bits per heavy atom. The number of esters is 1. The molecule has 0 aromatic heterocycles. The van der Waals surface area contributed by atoms with Crippen LogP contribution >= 0.6 is 23.2 Å². The lowest BCUT2D eigenvalue weighted by Gasteiger charge is -2.11. The number of ether oxygens (including phenoxy) is 1. The molecule has 1 amide bonds. The van der Waals surface area contributed by atoms with E-state index in [-0.39, 0.29) is 32.7 Å². The van der Waals surface area contributed by atoms with Gasteiger partial charge in [0.05, 0.1) is 17.2 Å². The first kappa shape index (κ1) is 20.0. The van der Waals surface area contributed by atoms with Crippen molar-refractivity contribution in [3.05, 3.63) is 58.1 Å². The molecule has 2 aromatic carbocycles. The number of rotatable bonds is 6. The van der Waals surface area contributed by atoms with Gasteiger partial charge in [0.1, 0.15) is 11.4 Å². The van der Waals surface area contributed by atoms with Gasteiger partial charge in [-0.1, -0.05) is 29.3 Å². The third-order valence-corrected chi connectivity index (χ3v) is 5.58. The number of hydrogen-bond donors (Lipinski definition) is 2. The van der Waals surface area contributed by atoms with Crippen LogP contribution < -0.4 is 10.0 Å². The van der Waals surface area contributed by atoms with Gasteiger partial charge in [-0.25, -0.2) is 8.42 Å². The van der Waals surface area contributed by atoms with E-state index in [1.54, 1.807) is 0 Å². The largest absolute Gasteiger partial charge is 0.468 e. The minimum atomic E-state index is -3.95. The number of benzene rings is 2. The molecule has 0 spiro atoms. The molecule has 0 aliphatic rings. The van der Waals surface area contributed by atoms with Crippen LogP contribution in [0.4, 0.5) is 5.69 Å². The fourth-order valence-electron chi connectivity index (χ4n) is 1.92. The summed E-state index contributed by atoms with van der Waals surface area (Å²) in [5.41, 5.74) is 0.475. The Labute approximate surface area is 160 Å². The predicted molar refractivity (Wildman–Crippen MR) is 98.1 cm³/mol. The van der Waals surface area contributed by atoms with Gasteiger partial charge in [-0.15, -0.1) is 0 Å². The molecule has 0 aliphatic carbocycles. The number of nitrogens with one attached hydrogen (secondary N) is 2. The zero-order valence-electron chi connectivity index (χ0n) is 13.5. The van der Waals surface area contributed by atoms with Crippen LogP contribution in [0.25, 0.3) is 0 Å². The minimum absolute atomic E-state index is 0.0829. The minimum Gasteiger partial charge on any atom is -0.468 e. The molecule has 2 rings (SSSR count). The number of halogens is 2. The number of hydrogen-bond acceptors (Lipinski definition) is 5. The number of carbonyl (C=O) groups is 2. The SMILES string of the molecule is COC(=O)CNC(=O)c1ccc(NS(=O)(=O)c2cccc(Cl)c2Cl)cc1. The summed E-state index contributed by atoms with van der Waals surface area (Å²) in [4.78, 5) is 22.7. The van der Waals surface area contributed by atoms with E-state index in [1.165, 1.54) is 49.6 Å². The van der Waals surface area contributed by atoms with Gasteiger partial charge in [0.25, 0.3) is 15.9 Å². The number of sulfonamides is 1. The first-order valence-corrected chi connectivity index (χ1v) is 9.40. The summed E-state index contributed by atoms with van der Waals surface area (Å²) >= 11 is 11.8. The van der Waals surface area contributed by atoms with Crippen molar-refractivity contribution in [3.8, 4) is 0 Å². The van der Waals surface area contributed by atoms with Gasteiger partial charge < -0.3 is 10.1 Å². The monoisotopic (exact) mass is 416 g/mol. The molecule has 7 nitrogen and oxygen atoms in total. The second kappa shape index (κ2) is 8.39. The molecule has 0 atom stereocenters. The molecular weight excluding hydrogens is 403 g/mol. The first-order valence-electron chi connectivity index (χ1n) is 7.16. The van der Waals surface area contributed by atoms with E-state index in [2.05, 4.69) is 14.8 Å².